The summed E-state index contributed by atoms with van der Waals surface area (Å²) in [5.41, 5.74) is 0.676. The molecule has 0 spiro atoms. The van der Waals surface area contributed by atoms with Crippen LogP contribution >= 0.6 is 11.8 Å². The minimum Gasteiger partial charge on any atom is -0.497 e. The lowest BCUT2D eigenvalue weighted by atomic mass is 10.1. The average molecular weight is 327 g/mol. The number of methoxy groups -OCH3 is 2. The van der Waals surface area contributed by atoms with Crippen molar-refractivity contribution >= 4 is 23.6 Å². The summed E-state index contributed by atoms with van der Waals surface area (Å²) in [5, 5.41) is 11.7. The van der Waals surface area contributed by atoms with E-state index in [-0.39, 0.29) is 12.3 Å². The van der Waals surface area contributed by atoms with Crippen LogP contribution in [-0.2, 0) is 16.0 Å². The first-order chi connectivity index (χ1) is 10.5. The first-order valence-electron chi connectivity index (χ1n) is 6.73. The second-order valence-corrected chi connectivity index (χ2v) is 5.58. The van der Waals surface area contributed by atoms with Crippen LogP contribution in [0.25, 0.3) is 0 Å². The summed E-state index contributed by atoms with van der Waals surface area (Å²) in [6.07, 6.45) is 2.33. The lowest BCUT2D eigenvalue weighted by molar-refractivity contribution is -0.141. The molecule has 1 unspecified atom stereocenters. The summed E-state index contributed by atoms with van der Waals surface area (Å²) >= 11 is 1.54. The van der Waals surface area contributed by atoms with Crippen molar-refractivity contribution < 1.29 is 24.2 Å². The van der Waals surface area contributed by atoms with Gasteiger partial charge in [0.1, 0.15) is 17.5 Å². The molecule has 1 aromatic carbocycles. The van der Waals surface area contributed by atoms with Gasteiger partial charge >= 0.3 is 5.97 Å². The molecule has 0 saturated carbocycles. The molecule has 22 heavy (non-hydrogen) atoms. The fourth-order valence-electron chi connectivity index (χ4n) is 1.91. The van der Waals surface area contributed by atoms with Crippen LogP contribution in [0.1, 0.15) is 12.0 Å². The Kier molecular flexibility index (Phi) is 7.59. The topological polar surface area (TPSA) is 84.9 Å². The molecular formula is C15H21NO5S. The molecule has 0 fully saturated rings. The molecule has 0 bridgehead atoms. The Labute approximate surface area is 134 Å². The molecule has 1 amide bonds. The molecule has 0 aliphatic carbocycles. The molecule has 0 aromatic heterocycles. The smallest absolute Gasteiger partial charge is 0.326 e. The molecule has 1 atom stereocenters. The molecule has 2 N–H and O–H groups in total. The van der Waals surface area contributed by atoms with E-state index in [1.165, 1.54) is 7.11 Å². The van der Waals surface area contributed by atoms with E-state index in [9.17, 15) is 9.59 Å². The first kappa shape index (κ1) is 18.2. The molecule has 1 rings (SSSR count). The maximum atomic E-state index is 12.0. The lowest BCUT2D eigenvalue weighted by Crippen LogP contribution is -2.41. The molecule has 0 heterocycles. The number of carboxylic acids is 1. The number of thioether (sulfide) groups is 1. The predicted molar refractivity (Wildman–Crippen MR) is 85.8 cm³/mol. The summed E-state index contributed by atoms with van der Waals surface area (Å²) in [4.78, 5) is 23.2. The van der Waals surface area contributed by atoms with Gasteiger partial charge in [-0.2, -0.15) is 11.8 Å². The number of rotatable bonds is 9. The zero-order chi connectivity index (χ0) is 16.5. The van der Waals surface area contributed by atoms with Crippen LogP contribution in [0, 0.1) is 0 Å². The van der Waals surface area contributed by atoms with Gasteiger partial charge in [-0.05, 0) is 24.5 Å². The summed E-state index contributed by atoms with van der Waals surface area (Å²) in [6.45, 7) is 0. The van der Waals surface area contributed by atoms with Gasteiger partial charge < -0.3 is 19.9 Å². The van der Waals surface area contributed by atoms with Crippen LogP contribution in [0.5, 0.6) is 11.5 Å². The molecule has 1 aromatic rings. The molecule has 0 aliphatic heterocycles. The second kappa shape index (κ2) is 9.19. The summed E-state index contributed by atoms with van der Waals surface area (Å²) in [7, 11) is 3.05. The van der Waals surface area contributed by atoms with Gasteiger partial charge in [-0.1, -0.05) is 6.07 Å². The second-order valence-electron chi connectivity index (χ2n) is 4.59. The van der Waals surface area contributed by atoms with Crippen molar-refractivity contribution in [3.8, 4) is 11.5 Å². The van der Waals surface area contributed by atoms with Crippen molar-refractivity contribution in [1.29, 1.82) is 0 Å². The highest BCUT2D eigenvalue weighted by atomic mass is 32.2. The van der Waals surface area contributed by atoms with E-state index in [2.05, 4.69) is 5.32 Å². The predicted octanol–water partition coefficient (Wildman–Crippen LogP) is 1.57. The van der Waals surface area contributed by atoms with Crippen LogP contribution < -0.4 is 14.8 Å². The number of aliphatic carboxylic acids is 1. The van der Waals surface area contributed by atoms with Crippen molar-refractivity contribution in [2.45, 2.75) is 18.9 Å². The number of nitrogens with one attached hydrogen (secondary N) is 1. The Morgan fingerprint density at radius 2 is 2.05 bits per heavy atom. The molecule has 0 radical (unpaired) electrons. The molecule has 7 heteroatoms. The van der Waals surface area contributed by atoms with E-state index in [1.54, 1.807) is 37.1 Å². The minimum absolute atomic E-state index is 0.0518. The van der Waals surface area contributed by atoms with Crippen molar-refractivity contribution in [3.05, 3.63) is 23.8 Å². The van der Waals surface area contributed by atoms with Gasteiger partial charge in [0, 0.05) is 11.6 Å². The van der Waals surface area contributed by atoms with Crippen molar-refractivity contribution in [2.24, 2.45) is 0 Å². The van der Waals surface area contributed by atoms with E-state index in [4.69, 9.17) is 14.6 Å². The Morgan fingerprint density at radius 1 is 1.32 bits per heavy atom. The third kappa shape index (κ3) is 5.48. The van der Waals surface area contributed by atoms with E-state index in [1.807, 2.05) is 6.26 Å². The van der Waals surface area contributed by atoms with Gasteiger partial charge in [0.2, 0.25) is 5.91 Å². The lowest BCUT2D eigenvalue weighted by Gasteiger charge is -2.15. The Hall–Kier alpha value is -1.89. The maximum Gasteiger partial charge on any atom is 0.326 e. The molecule has 0 aliphatic rings. The normalized spacial score (nSPS) is 11.6. The van der Waals surface area contributed by atoms with Gasteiger partial charge in [0.05, 0.1) is 20.6 Å². The summed E-state index contributed by atoms with van der Waals surface area (Å²) in [5.74, 6) is 0.458. The third-order valence-electron chi connectivity index (χ3n) is 3.09. The zero-order valence-corrected chi connectivity index (χ0v) is 13.7. The van der Waals surface area contributed by atoms with E-state index >= 15 is 0 Å². The van der Waals surface area contributed by atoms with Gasteiger partial charge in [-0.3, -0.25) is 4.79 Å². The van der Waals surface area contributed by atoms with E-state index in [0.717, 1.165) is 0 Å². The number of carboxylic acid groups (broad SMARTS) is 1. The molecular weight excluding hydrogens is 306 g/mol. The van der Waals surface area contributed by atoms with Crippen molar-refractivity contribution in [1.82, 2.24) is 5.32 Å². The number of amides is 1. The zero-order valence-electron chi connectivity index (χ0n) is 12.9. The molecule has 122 valence electrons. The fourth-order valence-corrected chi connectivity index (χ4v) is 2.38. The minimum atomic E-state index is -1.02. The fraction of sp³-hybridized carbons (Fsp3) is 0.467. The van der Waals surface area contributed by atoms with Gasteiger partial charge in [-0.25, -0.2) is 4.79 Å². The van der Waals surface area contributed by atoms with Crippen LogP contribution in [0.4, 0.5) is 0 Å². The number of hydrogen-bond acceptors (Lipinski definition) is 5. The standard InChI is InChI=1S/C15H21NO5S/c1-20-11-5-4-10(13(9-11)21-2)8-14(17)16-12(15(18)19)6-7-22-3/h4-5,9,12H,6-8H2,1-3H3,(H,16,17)(H,18,19). The maximum absolute atomic E-state index is 12.0. The summed E-state index contributed by atoms with van der Waals surface area (Å²) in [6, 6.07) is 4.28. The van der Waals surface area contributed by atoms with Crippen LogP contribution in [-0.4, -0.2) is 49.3 Å². The monoisotopic (exact) mass is 327 g/mol. The summed E-state index contributed by atoms with van der Waals surface area (Å²) < 4.78 is 10.3. The molecule has 6 nitrogen and oxygen atoms in total. The Bertz CT molecular complexity index is 521. The highest BCUT2D eigenvalue weighted by Crippen LogP contribution is 2.24. The average Bonchev–Trinajstić information content (AvgIpc) is 2.51. The van der Waals surface area contributed by atoms with Crippen LogP contribution in [0.2, 0.25) is 0 Å². The highest BCUT2D eigenvalue weighted by Gasteiger charge is 2.20. The first-order valence-corrected chi connectivity index (χ1v) is 8.13. The highest BCUT2D eigenvalue weighted by molar-refractivity contribution is 7.98. The van der Waals surface area contributed by atoms with Crippen LogP contribution in [0.3, 0.4) is 0 Å². The quantitative estimate of drug-likeness (QED) is 0.716. The van der Waals surface area contributed by atoms with E-state index in [0.29, 0.717) is 29.2 Å². The number of carbonyl (C=O) groups excluding carboxylic acids is 1. The number of ether oxygens (including phenoxy) is 2. The van der Waals surface area contributed by atoms with Gasteiger partial charge in [0.15, 0.2) is 0 Å². The van der Waals surface area contributed by atoms with Gasteiger partial charge in [-0.15, -0.1) is 0 Å². The third-order valence-corrected chi connectivity index (χ3v) is 3.73. The number of hydrogen-bond donors (Lipinski definition) is 2. The van der Waals surface area contributed by atoms with Crippen molar-refractivity contribution in [2.75, 3.05) is 26.2 Å². The molecule has 0 saturated heterocycles. The van der Waals surface area contributed by atoms with Gasteiger partial charge in [0.25, 0.3) is 0 Å². The Balaban J connectivity index is 2.73. The number of benzene rings is 1. The SMILES string of the molecule is COc1ccc(CC(=O)NC(CCSC)C(=O)O)c(OC)c1. The van der Waals surface area contributed by atoms with Crippen LogP contribution in [0.15, 0.2) is 18.2 Å². The largest absolute Gasteiger partial charge is 0.497 e. The number of carbonyl (C=O) groups is 2. The van der Waals surface area contributed by atoms with Crippen molar-refractivity contribution in [3.63, 3.8) is 0 Å². The Morgan fingerprint density at radius 3 is 2.59 bits per heavy atom. The van der Waals surface area contributed by atoms with E-state index < -0.39 is 12.0 Å².